The number of carboxylic acid groups (broad SMARTS) is 1. The molecule has 0 bridgehead atoms. The average Bonchev–Trinajstić information content (AvgIpc) is 2.09. The molecule has 0 aromatic carbocycles. The normalized spacial score (nSPS) is 13.1. The lowest BCUT2D eigenvalue weighted by molar-refractivity contribution is -0.139. The van der Waals surface area contributed by atoms with Crippen LogP contribution in [0.25, 0.3) is 0 Å². The largest absolute Gasteiger partial charge is 0.480 e. The summed E-state index contributed by atoms with van der Waals surface area (Å²) < 4.78 is 0. The second-order valence-corrected chi connectivity index (χ2v) is 4.86. The summed E-state index contributed by atoms with van der Waals surface area (Å²) in [5.41, 5.74) is 0. The van der Waals surface area contributed by atoms with Crippen molar-refractivity contribution >= 4 is 17.7 Å². The number of carboxylic acids is 1. The number of likely N-dealkylation sites (N-methyl/N-ethyl adjacent to an activating group) is 1. The van der Waals surface area contributed by atoms with Crippen LogP contribution in [0.2, 0.25) is 0 Å². The molecule has 14 heavy (non-hydrogen) atoms. The third-order valence-corrected chi connectivity index (χ3v) is 3.18. The molecule has 0 aromatic heterocycles. The number of rotatable bonds is 8. The Balaban J connectivity index is 3.56. The summed E-state index contributed by atoms with van der Waals surface area (Å²) in [4.78, 5) is 10.7. The van der Waals surface area contributed by atoms with Gasteiger partial charge in [0.25, 0.3) is 0 Å². The van der Waals surface area contributed by atoms with Crippen LogP contribution in [0.1, 0.15) is 27.2 Å². The van der Waals surface area contributed by atoms with E-state index in [1.165, 1.54) is 0 Å². The number of hydrogen-bond donors (Lipinski definition) is 2. The summed E-state index contributed by atoms with van der Waals surface area (Å²) in [6.45, 7) is 6.99. The highest BCUT2D eigenvalue weighted by Crippen LogP contribution is 2.10. The molecule has 0 rings (SSSR count). The molecule has 2 N–H and O–H groups in total. The molecule has 0 saturated carbocycles. The predicted octanol–water partition coefficient (Wildman–Crippen LogP) is 1.83. The van der Waals surface area contributed by atoms with Crippen LogP contribution in [0.4, 0.5) is 0 Å². The van der Waals surface area contributed by atoms with Gasteiger partial charge in [0.15, 0.2) is 0 Å². The molecule has 0 aliphatic carbocycles. The van der Waals surface area contributed by atoms with Gasteiger partial charge < -0.3 is 10.4 Å². The van der Waals surface area contributed by atoms with Crippen LogP contribution in [0.3, 0.4) is 0 Å². The zero-order chi connectivity index (χ0) is 11.0. The maximum absolute atomic E-state index is 10.7. The molecule has 1 atom stereocenters. The van der Waals surface area contributed by atoms with E-state index in [1.54, 1.807) is 0 Å². The van der Waals surface area contributed by atoms with Crippen molar-refractivity contribution in [3.8, 4) is 0 Å². The molecule has 0 radical (unpaired) electrons. The van der Waals surface area contributed by atoms with Gasteiger partial charge in [0.1, 0.15) is 6.04 Å². The SMILES string of the molecule is CCNC(CCSCC(C)C)C(=O)O. The molecule has 0 aliphatic heterocycles. The van der Waals surface area contributed by atoms with Crippen molar-refractivity contribution in [2.45, 2.75) is 33.2 Å². The summed E-state index contributed by atoms with van der Waals surface area (Å²) >= 11 is 1.83. The van der Waals surface area contributed by atoms with Gasteiger partial charge in [-0.25, -0.2) is 0 Å². The van der Waals surface area contributed by atoms with Gasteiger partial charge in [-0.2, -0.15) is 11.8 Å². The lowest BCUT2D eigenvalue weighted by Gasteiger charge is -2.12. The first-order valence-corrected chi connectivity index (χ1v) is 6.27. The molecule has 0 fully saturated rings. The summed E-state index contributed by atoms with van der Waals surface area (Å²) in [6, 6.07) is -0.375. The molecule has 0 aromatic rings. The summed E-state index contributed by atoms with van der Waals surface area (Å²) in [5, 5.41) is 11.8. The van der Waals surface area contributed by atoms with Crippen molar-refractivity contribution in [3.63, 3.8) is 0 Å². The quantitative estimate of drug-likeness (QED) is 0.611. The Bertz CT molecular complexity index is 162. The minimum atomic E-state index is -0.739. The third-order valence-electron chi connectivity index (χ3n) is 1.75. The van der Waals surface area contributed by atoms with Gasteiger partial charge in [-0.3, -0.25) is 4.79 Å². The molecule has 1 unspecified atom stereocenters. The Morgan fingerprint density at radius 3 is 2.57 bits per heavy atom. The molecular weight excluding hydrogens is 198 g/mol. The van der Waals surface area contributed by atoms with E-state index < -0.39 is 5.97 Å². The predicted molar refractivity (Wildman–Crippen MR) is 61.9 cm³/mol. The second-order valence-electron chi connectivity index (χ2n) is 3.71. The summed E-state index contributed by atoms with van der Waals surface area (Å²) in [5.74, 6) is 1.97. The van der Waals surface area contributed by atoms with E-state index in [0.29, 0.717) is 18.9 Å². The van der Waals surface area contributed by atoms with E-state index in [9.17, 15) is 4.79 Å². The van der Waals surface area contributed by atoms with Gasteiger partial charge in [-0.15, -0.1) is 0 Å². The standard InChI is InChI=1S/C10H21NO2S/c1-4-11-9(10(12)13)5-6-14-7-8(2)3/h8-9,11H,4-7H2,1-3H3,(H,12,13). The van der Waals surface area contributed by atoms with Crippen molar-refractivity contribution in [1.82, 2.24) is 5.32 Å². The fraction of sp³-hybridized carbons (Fsp3) is 0.900. The fourth-order valence-corrected chi connectivity index (χ4v) is 2.12. The first kappa shape index (κ1) is 13.8. The van der Waals surface area contributed by atoms with Gasteiger partial charge >= 0.3 is 5.97 Å². The lowest BCUT2D eigenvalue weighted by atomic mass is 10.2. The molecular formula is C10H21NO2S. The lowest BCUT2D eigenvalue weighted by Crippen LogP contribution is -2.36. The first-order chi connectivity index (χ1) is 6.57. The molecule has 0 spiro atoms. The number of thioether (sulfide) groups is 1. The fourth-order valence-electron chi connectivity index (χ4n) is 1.08. The van der Waals surface area contributed by atoms with Crippen molar-refractivity contribution < 1.29 is 9.90 Å². The molecule has 0 aliphatic rings. The van der Waals surface area contributed by atoms with Crippen LogP contribution in [0, 0.1) is 5.92 Å². The van der Waals surface area contributed by atoms with Crippen LogP contribution < -0.4 is 5.32 Å². The van der Waals surface area contributed by atoms with Gasteiger partial charge in [-0.1, -0.05) is 20.8 Å². The van der Waals surface area contributed by atoms with Crippen molar-refractivity contribution in [1.29, 1.82) is 0 Å². The summed E-state index contributed by atoms with van der Waals surface area (Å²) in [7, 11) is 0. The first-order valence-electron chi connectivity index (χ1n) is 5.11. The molecule has 0 heterocycles. The minimum Gasteiger partial charge on any atom is -0.480 e. The van der Waals surface area contributed by atoms with Gasteiger partial charge in [0.2, 0.25) is 0 Å². The highest BCUT2D eigenvalue weighted by molar-refractivity contribution is 7.99. The van der Waals surface area contributed by atoms with Crippen LogP contribution in [-0.2, 0) is 4.79 Å². The van der Waals surface area contributed by atoms with E-state index in [2.05, 4.69) is 19.2 Å². The van der Waals surface area contributed by atoms with Crippen LogP contribution in [-0.4, -0.2) is 35.2 Å². The third kappa shape index (κ3) is 7.21. The maximum Gasteiger partial charge on any atom is 0.320 e. The highest BCUT2D eigenvalue weighted by Gasteiger charge is 2.14. The summed E-state index contributed by atoms with van der Waals surface area (Å²) in [6.07, 6.45) is 0.709. The number of carbonyl (C=O) groups is 1. The van der Waals surface area contributed by atoms with Gasteiger partial charge in [0, 0.05) is 0 Å². The maximum atomic E-state index is 10.7. The number of hydrogen-bond acceptors (Lipinski definition) is 3. The van der Waals surface area contributed by atoms with Gasteiger partial charge in [-0.05, 0) is 30.4 Å². The Morgan fingerprint density at radius 1 is 1.50 bits per heavy atom. The smallest absolute Gasteiger partial charge is 0.320 e. The Hall–Kier alpha value is -0.220. The Kier molecular flexibility index (Phi) is 7.99. The van der Waals surface area contributed by atoms with Crippen LogP contribution in [0.5, 0.6) is 0 Å². The number of aliphatic carboxylic acids is 1. The highest BCUT2D eigenvalue weighted by atomic mass is 32.2. The molecule has 0 saturated heterocycles. The Labute approximate surface area is 90.7 Å². The Morgan fingerprint density at radius 2 is 2.14 bits per heavy atom. The van der Waals surface area contributed by atoms with Crippen molar-refractivity contribution in [3.05, 3.63) is 0 Å². The molecule has 4 heteroatoms. The zero-order valence-electron chi connectivity index (χ0n) is 9.25. The number of nitrogens with one attached hydrogen (secondary N) is 1. The monoisotopic (exact) mass is 219 g/mol. The molecule has 3 nitrogen and oxygen atoms in total. The van der Waals surface area contributed by atoms with Crippen LogP contribution in [0.15, 0.2) is 0 Å². The molecule has 0 amide bonds. The van der Waals surface area contributed by atoms with E-state index in [-0.39, 0.29) is 6.04 Å². The topological polar surface area (TPSA) is 49.3 Å². The molecule has 84 valence electrons. The zero-order valence-corrected chi connectivity index (χ0v) is 10.1. The minimum absolute atomic E-state index is 0.375. The van der Waals surface area contributed by atoms with E-state index in [4.69, 9.17) is 5.11 Å². The van der Waals surface area contributed by atoms with Crippen molar-refractivity contribution in [2.75, 3.05) is 18.1 Å². The van der Waals surface area contributed by atoms with E-state index in [0.717, 1.165) is 11.5 Å². The van der Waals surface area contributed by atoms with E-state index >= 15 is 0 Å². The van der Waals surface area contributed by atoms with Crippen LogP contribution >= 0.6 is 11.8 Å². The average molecular weight is 219 g/mol. The van der Waals surface area contributed by atoms with E-state index in [1.807, 2.05) is 18.7 Å². The second kappa shape index (κ2) is 8.12. The van der Waals surface area contributed by atoms with Gasteiger partial charge in [0.05, 0.1) is 0 Å². The van der Waals surface area contributed by atoms with Crippen molar-refractivity contribution in [2.24, 2.45) is 5.92 Å².